The highest BCUT2D eigenvalue weighted by atomic mass is 19.1. The molecule has 0 N–H and O–H groups in total. The molecule has 2 aromatic carbocycles. The third kappa shape index (κ3) is 4.46. The molecule has 4 rings (SSSR count). The minimum Gasteiger partial charge on any atom is -0.488 e. The number of carbonyl (C=O) groups is 1. The van der Waals surface area contributed by atoms with Crippen molar-refractivity contribution in [3.05, 3.63) is 65.5 Å². The van der Waals surface area contributed by atoms with Gasteiger partial charge in [0, 0.05) is 38.3 Å². The van der Waals surface area contributed by atoms with E-state index in [4.69, 9.17) is 9.47 Å². The van der Waals surface area contributed by atoms with Crippen molar-refractivity contribution in [2.45, 2.75) is 12.6 Å². The number of amides is 1. The van der Waals surface area contributed by atoms with Gasteiger partial charge in [-0.3, -0.25) is 9.69 Å². The molecule has 0 radical (unpaired) electrons. The number of benzene rings is 2. The van der Waals surface area contributed by atoms with Gasteiger partial charge in [-0.15, -0.1) is 0 Å². The van der Waals surface area contributed by atoms with Crippen LogP contribution in [0.2, 0.25) is 0 Å². The third-order valence-electron chi connectivity index (χ3n) is 4.90. The molecule has 2 saturated heterocycles. The van der Waals surface area contributed by atoms with E-state index in [-0.39, 0.29) is 17.8 Å². The first-order valence-electron chi connectivity index (χ1n) is 9.28. The Bertz CT molecular complexity index is 802. The molecule has 0 aromatic heterocycles. The number of hydrogen-bond acceptors (Lipinski definition) is 4. The van der Waals surface area contributed by atoms with Gasteiger partial charge in [0.1, 0.15) is 17.7 Å². The summed E-state index contributed by atoms with van der Waals surface area (Å²) in [5.41, 5.74) is 1.61. The van der Waals surface area contributed by atoms with Crippen LogP contribution in [-0.4, -0.2) is 61.2 Å². The molecule has 27 heavy (non-hydrogen) atoms. The van der Waals surface area contributed by atoms with Crippen molar-refractivity contribution in [1.29, 1.82) is 0 Å². The van der Waals surface area contributed by atoms with E-state index in [0.717, 1.165) is 18.7 Å². The lowest BCUT2D eigenvalue weighted by atomic mass is 10.1. The van der Waals surface area contributed by atoms with Crippen LogP contribution in [-0.2, 0) is 11.3 Å². The lowest BCUT2D eigenvalue weighted by Gasteiger charge is -2.39. The standard InChI is InChI=1S/C21H23FN2O3/c22-18-5-1-3-16(11-18)13-23-14-20(15-23)27-19-6-2-4-17(12-19)21(25)24-7-9-26-10-8-24/h1-6,11-12,20H,7-10,13-15H2. The van der Waals surface area contributed by atoms with Crippen molar-refractivity contribution in [3.8, 4) is 5.75 Å². The summed E-state index contributed by atoms with van der Waals surface area (Å²) in [5.74, 6) is 0.525. The number of halogens is 1. The number of carbonyl (C=O) groups excluding carboxylic acids is 1. The molecule has 142 valence electrons. The normalized spacial score (nSPS) is 18.2. The Kier molecular flexibility index (Phi) is 5.36. The lowest BCUT2D eigenvalue weighted by molar-refractivity contribution is 0.0143. The summed E-state index contributed by atoms with van der Waals surface area (Å²) in [7, 11) is 0. The Balaban J connectivity index is 1.30. The van der Waals surface area contributed by atoms with Crippen LogP contribution in [0.4, 0.5) is 4.39 Å². The number of hydrogen-bond donors (Lipinski definition) is 0. The first-order chi connectivity index (χ1) is 13.2. The van der Waals surface area contributed by atoms with Gasteiger partial charge in [0.25, 0.3) is 5.91 Å². The Labute approximate surface area is 158 Å². The molecule has 6 heteroatoms. The van der Waals surface area contributed by atoms with Gasteiger partial charge in [0.2, 0.25) is 0 Å². The molecule has 2 aliphatic rings. The summed E-state index contributed by atoms with van der Waals surface area (Å²) in [6.07, 6.45) is 0.0901. The maximum atomic E-state index is 13.3. The highest BCUT2D eigenvalue weighted by molar-refractivity contribution is 5.94. The van der Waals surface area contributed by atoms with Crippen LogP contribution >= 0.6 is 0 Å². The SMILES string of the molecule is O=C(c1cccc(OC2CN(Cc3cccc(F)c3)C2)c1)N1CCOCC1. The van der Waals surface area contributed by atoms with Crippen LogP contribution in [0.15, 0.2) is 48.5 Å². The second-order valence-corrected chi connectivity index (χ2v) is 7.00. The summed E-state index contributed by atoms with van der Waals surface area (Å²) in [6.45, 7) is 4.73. The predicted molar refractivity (Wildman–Crippen MR) is 99.3 cm³/mol. The average Bonchev–Trinajstić information content (AvgIpc) is 2.67. The molecule has 0 unspecified atom stereocenters. The van der Waals surface area contributed by atoms with Gasteiger partial charge in [-0.05, 0) is 35.9 Å². The quantitative estimate of drug-likeness (QED) is 0.811. The Hall–Kier alpha value is -2.44. The molecule has 2 heterocycles. The van der Waals surface area contributed by atoms with Gasteiger partial charge in [0.05, 0.1) is 13.2 Å². The van der Waals surface area contributed by atoms with E-state index in [0.29, 0.717) is 44.2 Å². The van der Waals surface area contributed by atoms with E-state index in [9.17, 15) is 9.18 Å². The number of rotatable bonds is 5. The molecule has 2 aromatic rings. The monoisotopic (exact) mass is 370 g/mol. The van der Waals surface area contributed by atoms with E-state index in [1.807, 2.05) is 35.2 Å². The zero-order valence-corrected chi connectivity index (χ0v) is 15.1. The van der Waals surface area contributed by atoms with Gasteiger partial charge in [-0.1, -0.05) is 18.2 Å². The van der Waals surface area contributed by atoms with Crippen LogP contribution in [0.3, 0.4) is 0 Å². The summed E-state index contributed by atoms with van der Waals surface area (Å²) >= 11 is 0. The summed E-state index contributed by atoms with van der Waals surface area (Å²) in [5, 5.41) is 0. The molecule has 0 atom stereocenters. The van der Waals surface area contributed by atoms with Crippen molar-refractivity contribution in [2.75, 3.05) is 39.4 Å². The predicted octanol–water partition coefficient (Wildman–Crippen LogP) is 2.56. The Morgan fingerprint density at radius 2 is 1.89 bits per heavy atom. The maximum Gasteiger partial charge on any atom is 0.254 e. The first kappa shape index (κ1) is 17.9. The number of ether oxygens (including phenoxy) is 2. The smallest absolute Gasteiger partial charge is 0.254 e. The average molecular weight is 370 g/mol. The van der Waals surface area contributed by atoms with E-state index < -0.39 is 0 Å². The fourth-order valence-corrected chi connectivity index (χ4v) is 3.46. The number of likely N-dealkylation sites (tertiary alicyclic amines) is 1. The summed E-state index contributed by atoms with van der Waals surface area (Å²) < 4.78 is 24.6. The molecule has 1 amide bonds. The largest absolute Gasteiger partial charge is 0.488 e. The van der Waals surface area contributed by atoms with Gasteiger partial charge in [-0.25, -0.2) is 4.39 Å². The molecular weight excluding hydrogens is 347 g/mol. The maximum absolute atomic E-state index is 13.3. The zero-order chi connectivity index (χ0) is 18.6. The molecule has 2 fully saturated rings. The zero-order valence-electron chi connectivity index (χ0n) is 15.1. The molecule has 0 saturated carbocycles. The van der Waals surface area contributed by atoms with Crippen LogP contribution in [0.5, 0.6) is 5.75 Å². The molecular formula is C21H23FN2O3. The molecule has 0 bridgehead atoms. The van der Waals surface area contributed by atoms with Crippen LogP contribution < -0.4 is 4.74 Å². The van der Waals surface area contributed by atoms with Gasteiger partial charge >= 0.3 is 0 Å². The topological polar surface area (TPSA) is 42.0 Å². The van der Waals surface area contributed by atoms with E-state index in [2.05, 4.69) is 4.90 Å². The van der Waals surface area contributed by atoms with Crippen molar-refractivity contribution >= 4 is 5.91 Å². The van der Waals surface area contributed by atoms with E-state index >= 15 is 0 Å². The summed E-state index contributed by atoms with van der Waals surface area (Å²) in [6, 6.07) is 14.0. The minimum absolute atomic E-state index is 0.0186. The number of nitrogens with zero attached hydrogens (tertiary/aromatic N) is 2. The Morgan fingerprint density at radius 1 is 1.11 bits per heavy atom. The van der Waals surface area contributed by atoms with E-state index in [1.54, 1.807) is 12.1 Å². The van der Waals surface area contributed by atoms with Gasteiger partial charge in [0.15, 0.2) is 0 Å². The van der Waals surface area contributed by atoms with Crippen molar-refractivity contribution in [3.63, 3.8) is 0 Å². The summed E-state index contributed by atoms with van der Waals surface area (Å²) in [4.78, 5) is 16.6. The third-order valence-corrected chi connectivity index (χ3v) is 4.90. The van der Waals surface area contributed by atoms with Gasteiger partial charge < -0.3 is 14.4 Å². The number of morpholine rings is 1. The van der Waals surface area contributed by atoms with Crippen LogP contribution in [0.1, 0.15) is 15.9 Å². The fourth-order valence-electron chi connectivity index (χ4n) is 3.46. The molecule has 0 spiro atoms. The fraction of sp³-hybridized carbons (Fsp3) is 0.381. The molecule has 2 aliphatic heterocycles. The highest BCUT2D eigenvalue weighted by Gasteiger charge is 2.28. The second-order valence-electron chi connectivity index (χ2n) is 7.00. The van der Waals surface area contributed by atoms with Crippen LogP contribution in [0, 0.1) is 5.82 Å². The second kappa shape index (κ2) is 8.06. The molecule has 5 nitrogen and oxygen atoms in total. The lowest BCUT2D eigenvalue weighted by Crippen LogP contribution is -2.53. The van der Waals surface area contributed by atoms with Crippen molar-refractivity contribution < 1.29 is 18.7 Å². The highest BCUT2D eigenvalue weighted by Crippen LogP contribution is 2.22. The van der Waals surface area contributed by atoms with Gasteiger partial charge in [-0.2, -0.15) is 0 Å². The van der Waals surface area contributed by atoms with Crippen LogP contribution in [0.25, 0.3) is 0 Å². The van der Waals surface area contributed by atoms with E-state index in [1.165, 1.54) is 6.07 Å². The van der Waals surface area contributed by atoms with Crippen molar-refractivity contribution in [1.82, 2.24) is 9.80 Å². The first-order valence-corrected chi connectivity index (χ1v) is 9.28. The minimum atomic E-state index is -0.206. The molecule has 0 aliphatic carbocycles. The van der Waals surface area contributed by atoms with Crippen molar-refractivity contribution in [2.24, 2.45) is 0 Å². The Morgan fingerprint density at radius 3 is 2.67 bits per heavy atom.